The molecule has 0 radical (unpaired) electrons. The number of hydrogen-bond donors (Lipinski definition) is 0. The van der Waals surface area contributed by atoms with Gasteiger partial charge in [-0.3, -0.25) is 4.79 Å². The standard InChI is InChI=1S/C25H26N2O4/c1-17-7-5-6-14-27(17)24(28)16-31-25(29)21-15-23(18-10-12-19(30-2)13-11-18)26-22-9-4-3-8-20(21)22/h3-4,8-13,15,17H,5-7,14,16H2,1-2H3. The molecule has 0 N–H and O–H groups in total. The summed E-state index contributed by atoms with van der Waals surface area (Å²) in [5, 5.41) is 0.698. The van der Waals surface area contributed by atoms with Crippen molar-refractivity contribution in [1.29, 1.82) is 0 Å². The molecular weight excluding hydrogens is 392 g/mol. The van der Waals surface area contributed by atoms with Gasteiger partial charge in [-0.1, -0.05) is 18.2 Å². The number of carbonyl (C=O) groups excluding carboxylic acids is 2. The lowest BCUT2D eigenvalue weighted by atomic mass is 10.0. The fourth-order valence-electron chi connectivity index (χ4n) is 4.01. The highest BCUT2D eigenvalue weighted by Gasteiger charge is 2.24. The van der Waals surface area contributed by atoms with Gasteiger partial charge in [0.2, 0.25) is 0 Å². The molecule has 0 bridgehead atoms. The Labute approximate surface area is 181 Å². The van der Waals surface area contributed by atoms with Gasteiger partial charge in [0.15, 0.2) is 6.61 Å². The first-order valence-electron chi connectivity index (χ1n) is 10.6. The Bertz CT molecular complexity index is 1090. The second kappa shape index (κ2) is 9.16. The summed E-state index contributed by atoms with van der Waals surface area (Å²) >= 11 is 0. The smallest absolute Gasteiger partial charge is 0.339 e. The first-order chi connectivity index (χ1) is 15.1. The summed E-state index contributed by atoms with van der Waals surface area (Å²) in [5.74, 6) is 0.0790. The van der Waals surface area contributed by atoms with Gasteiger partial charge in [0.05, 0.1) is 23.9 Å². The number of likely N-dealkylation sites (tertiary alicyclic amines) is 1. The normalized spacial score (nSPS) is 16.2. The highest BCUT2D eigenvalue weighted by atomic mass is 16.5. The number of amides is 1. The molecule has 1 aliphatic heterocycles. The Morgan fingerprint density at radius 2 is 1.87 bits per heavy atom. The number of rotatable bonds is 5. The van der Waals surface area contributed by atoms with Gasteiger partial charge >= 0.3 is 5.97 Å². The van der Waals surface area contributed by atoms with Crippen LogP contribution in [0.4, 0.5) is 0 Å². The van der Waals surface area contributed by atoms with Crippen molar-refractivity contribution in [2.45, 2.75) is 32.2 Å². The van der Waals surface area contributed by atoms with E-state index in [2.05, 4.69) is 0 Å². The zero-order chi connectivity index (χ0) is 21.8. The highest BCUT2D eigenvalue weighted by molar-refractivity contribution is 6.05. The molecule has 0 spiro atoms. The largest absolute Gasteiger partial charge is 0.497 e. The van der Waals surface area contributed by atoms with Crippen LogP contribution in [0.3, 0.4) is 0 Å². The second-order valence-electron chi connectivity index (χ2n) is 7.81. The van der Waals surface area contributed by atoms with Crippen molar-refractivity contribution < 1.29 is 19.1 Å². The van der Waals surface area contributed by atoms with Crippen LogP contribution < -0.4 is 4.74 Å². The van der Waals surface area contributed by atoms with Crippen molar-refractivity contribution >= 4 is 22.8 Å². The van der Waals surface area contributed by atoms with Crippen LogP contribution in [0.15, 0.2) is 54.6 Å². The fraction of sp³-hybridized carbons (Fsp3) is 0.320. The lowest BCUT2D eigenvalue weighted by Gasteiger charge is -2.33. The fourth-order valence-corrected chi connectivity index (χ4v) is 4.01. The topological polar surface area (TPSA) is 68.7 Å². The third-order valence-electron chi connectivity index (χ3n) is 5.77. The first kappa shape index (κ1) is 20.8. The minimum atomic E-state index is -0.522. The lowest BCUT2D eigenvalue weighted by Crippen LogP contribution is -2.44. The monoisotopic (exact) mass is 418 g/mol. The molecule has 2 aromatic carbocycles. The van der Waals surface area contributed by atoms with E-state index in [1.807, 2.05) is 60.4 Å². The molecule has 1 unspecified atom stereocenters. The van der Waals surface area contributed by atoms with E-state index >= 15 is 0 Å². The van der Waals surface area contributed by atoms with Crippen LogP contribution in [-0.4, -0.2) is 48.1 Å². The number of carbonyl (C=O) groups is 2. The number of aromatic nitrogens is 1. The molecule has 2 heterocycles. The van der Waals surface area contributed by atoms with Gasteiger partial charge in [-0.05, 0) is 62.6 Å². The number of fused-ring (bicyclic) bond motifs is 1. The van der Waals surface area contributed by atoms with Crippen molar-refractivity contribution in [3.8, 4) is 17.0 Å². The van der Waals surface area contributed by atoms with E-state index in [1.165, 1.54) is 0 Å². The first-order valence-corrected chi connectivity index (χ1v) is 10.6. The number of pyridine rings is 1. The third-order valence-corrected chi connectivity index (χ3v) is 5.77. The number of methoxy groups -OCH3 is 1. The molecule has 6 heteroatoms. The SMILES string of the molecule is COc1ccc(-c2cc(C(=O)OCC(=O)N3CCCCC3C)c3ccccc3n2)cc1. The number of hydrogen-bond acceptors (Lipinski definition) is 5. The van der Waals surface area contributed by atoms with E-state index < -0.39 is 5.97 Å². The van der Waals surface area contributed by atoms with Crippen LogP contribution in [0.5, 0.6) is 5.75 Å². The lowest BCUT2D eigenvalue weighted by molar-refractivity contribution is -0.137. The highest BCUT2D eigenvalue weighted by Crippen LogP contribution is 2.27. The van der Waals surface area contributed by atoms with E-state index in [0.717, 1.165) is 37.1 Å². The van der Waals surface area contributed by atoms with Crippen LogP contribution in [0.2, 0.25) is 0 Å². The average Bonchev–Trinajstić information content (AvgIpc) is 2.82. The average molecular weight is 418 g/mol. The zero-order valence-electron chi connectivity index (χ0n) is 17.8. The van der Waals surface area contributed by atoms with Crippen molar-refractivity contribution in [3.63, 3.8) is 0 Å². The number of benzene rings is 2. The Balaban J connectivity index is 1.59. The van der Waals surface area contributed by atoms with Gasteiger partial charge in [0.1, 0.15) is 5.75 Å². The second-order valence-corrected chi connectivity index (χ2v) is 7.81. The molecule has 1 aromatic heterocycles. The molecule has 1 aliphatic rings. The van der Waals surface area contributed by atoms with Crippen LogP contribution >= 0.6 is 0 Å². The molecule has 31 heavy (non-hydrogen) atoms. The van der Waals surface area contributed by atoms with E-state index in [4.69, 9.17) is 14.5 Å². The molecule has 3 aromatic rings. The Kier molecular flexibility index (Phi) is 6.16. The maximum Gasteiger partial charge on any atom is 0.339 e. The van der Waals surface area contributed by atoms with Crippen molar-refractivity contribution in [1.82, 2.24) is 9.88 Å². The predicted molar refractivity (Wildman–Crippen MR) is 119 cm³/mol. The summed E-state index contributed by atoms with van der Waals surface area (Å²) in [6.45, 7) is 2.51. The summed E-state index contributed by atoms with van der Waals surface area (Å²) in [6.07, 6.45) is 3.10. The van der Waals surface area contributed by atoms with E-state index in [0.29, 0.717) is 22.2 Å². The van der Waals surface area contributed by atoms with Crippen molar-refractivity contribution in [3.05, 3.63) is 60.2 Å². The Morgan fingerprint density at radius 1 is 1.10 bits per heavy atom. The molecule has 1 atom stereocenters. The molecule has 6 nitrogen and oxygen atoms in total. The Hall–Kier alpha value is -3.41. The quantitative estimate of drug-likeness (QED) is 0.572. The summed E-state index contributed by atoms with van der Waals surface area (Å²) in [7, 11) is 1.61. The van der Waals surface area contributed by atoms with Gasteiger partial charge in [-0.2, -0.15) is 0 Å². The summed E-state index contributed by atoms with van der Waals surface area (Å²) in [4.78, 5) is 32.1. The van der Waals surface area contributed by atoms with Gasteiger partial charge in [0, 0.05) is 23.5 Å². The number of para-hydroxylation sites is 1. The molecule has 0 aliphatic carbocycles. The van der Waals surface area contributed by atoms with E-state index in [9.17, 15) is 9.59 Å². The van der Waals surface area contributed by atoms with Crippen LogP contribution in [-0.2, 0) is 9.53 Å². The summed E-state index contributed by atoms with van der Waals surface area (Å²) in [6, 6.07) is 16.8. The maximum atomic E-state index is 13.0. The van der Waals surface area contributed by atoms with Crippen molar-refractivity contribution in [2.75, 3.05) is 20.3 Å². The molecule has 160 valence electrons. The summed E-state index contributed by atoms with van der Waals surface area (Å²) < 4.78 is 10.7. The zero-order valence-corrected chi connectivity index (χ0v) is 17.8. The molecular formula is C25H26N2O4. The number of nitrogens with zero attached hydrogens (tertiary/aromatic N) is 2. The van der Waals surface area contributed by atoms with Gasteiger partial charge < -0.3 is 14.4 Å². The predicted octanol–water partition coefficient (Wildman–Crippen LogP) is 4.47. The van der Waals surface area contributed by atoms with Crippen LogP contribution in [0.1, 0.15) is 36.5 Å². The number of piperidine rings is 1. The van der Waals surface area contributed by atoms with Crippen LogP contribution in [0, 0.1) is 0 Å². The minimum Gasteiger partial charge on any atom is -0.497 e. The molecule has 0 saturated carbocycles. The van der Waals surface area contributed by atoms with Gasteiger partial charge in [0.25, 0.3) is 5.91 Å². The maximum absolute atomic E-state index is 13.0. The molecule has 1 fully saturated rings. The molecule has 4 rings (SSSR count). The Morgan fingerprint density at radius 3 is 2.61 bits per heavy atom. The molecule has 1 saturated heterocycles. The van der Waals surface area contributed by atoms with Gasteiger partial charge in [-0.15, -0.1) is 0 Å². The molecule has 1 amide bonds. The van der Waals surface area contributed by atoms with E-state index in [1.54, 1.807) is 13.2 Å². The van der Waals surface area contributed by atoms with Crippen molar-refractivity contribution in [2.24, 2.45) is 0 Å². The third kappa shape index (κ3) is 4.53. The van der Waals surface area contributed by atoms with Gasteiger partial charge in [-0.25, -0.2) is 9.78 Å². The number of ether oxygens (including phenoxy) is 2. The van der Waals surface area contributed by atoms with Crippen LogP contribution in [0.25, 0.3) is 22.2 Å². The number of esters is 1. The minimum absolute atomic E-state index is 0.144. The summed E-state index contributed by atoms with van der Waals surface area (Å²) in [5.41, 5.74) is 2.61. The van der Waals surface area contributed by atoms with E-state index in [-0.39, 0.29) is 18.6 Å².